The molecule has 10 aromatic rings. The van der Waals surface area contributed by atoms with Crippen LogP contribution in [0, 0.1) is 13.8 Å². The average Bonchev–Trinajstić information content (AvgIpc) is 3.36. The predicted molar refractivity (Wildman–Crippen MR) is 325 cm³/mol. The van der Waals surface area contributed by atoms with Gasteiger partial charge in [0, 0.05) is 44.3 Å². The fourth-order valence-corrected chi connectivity index (χ4v) is 11.0. The number of anilines is 6. The van der Waals surface area contributed by atoms with Crippen LogP contribution in [0.25, 0.3) is 54.2 Å². The van der Waals surface area contributed by atoms with Crippen LogP contribution in [0.5, 0.6) is 0 Å². The Morgan fingerprint density at radius 3 is 0.932 bits per heavy atom. The van der Waals surface area contributed by atoms with Crippen molar-refractivity contribution in [2.75, 3.05) is 9.80 Å². The Hall–Kier alpha value is -7.16. The summed E-state index contributed by atoms with van der Waals surface area (Å²) in [6, 6.07) is 68.2. The van der Waals surface area contributed by atoms with Crippen LogP contribution in [0.4, 0.5) is 34.1 Å². The van der Waals surface area contributed by atoms with Crippen LogP contribution in [0.15, 0.2) is 176 Å². The molecule has 0 atom stereocenters. The maximum absolute atomic E-state index is 2.54. The molecule has 2 nitrogen and oxygen atoms in total. The summed E-state index contributed by atoms with van der Waals surface area (Å²) in [5.74, 6) is 0.851. The topological polar surface area (TPSA) is 6.48 Å². The van der Waals surface area contributed by atoms with Crippen LogP contribution >= 0.6 is 0 Å². The number of hydrogen-bond acceptors (Lipinski definition) is 2. The van der Waals surface area contributed by atoms with Crippen molar-refractivity contribution in [3.63, 3.8) is 0 Å². The number of nitrogens with zero attached hydrogens (tertiary/aromatic N) is 2. The van der Waals surface area contributed by atoms with Crippen LogP contribution in [0.2, 0.25) is 0 Å². The lowest BCUT2D eigenvalue weighted by molar-refractivity contribution is 0.590. The van der Waals surface area contributed by atoms with E-state index < -0.39 is 0 Å². The zero-order valence-electron chi connectivity index (χ0n) is 46.8. The summed E-state index contributed by atoms with van der Waals surface area (Å²) in [4.78, 5) is 5.07. The van der Waals surface area contributed by atoms with Gasteiger partial charge in [-0.25, -0.2) is 0 Å². The van der Waals surface area contributed by atoms with Crippen LogP contribution in [0.1, 0.15) is 141 Å². The van der Waals surface area contributed by atoms with Crippen molar-refractivity contribution in [1.82, 2.24) is 0 Å². The molecule has 0 amide bonds. The fraction of sp³-hybridized carbons (Fsp3) is 0.278. The normalized spacial score (nSPS) is 12.5. The molecular weight excluding hydrogens is 893 g/mol. The molecule has 0 aliphatic rings. The SMILES string of the molecule is Cc1ccc(N(c2ccc(C(C)C)cc2)c2c3ccccc3c(-c3c4cc(C(C)(C)C)ccc4c(N(c4ccc(C)cc4)c4ccc(C(C)C)cc4)c4cc(C(C)(C)C)ccc34)c3ccc(C(C)(C)C)cc23)cc1. The summed E-state index contributed by atoms with van der Waals surface area (Å²) in [6.07, 6.45) is 0. The molecule has 0 saturated carbocycles. The van der Waals surface area contributed by atoms with Gasteiger partial charge in [0.25, 0.3) is 0 Å². The van der Waals surface area contributed by atoms with Gasteiger partial charge in [0.05, 0.1) is 11.4 Å². The Kier molecular flexibility index (Phi) is 12.9. The molecule has 0 N–H and O–H groups in total. The zero-order chi connectivity index (χ0) is 52.6. The van der Waals surface area contributed by atoms with Gasteiger partial charge >= 0.3 is 0 Å². The van der Waals surface area contributed by atoms with Crippen molar-refractivity contribution in [2.24, 2.45) is 0 Å². The van der Waals surface area contributed by atoms with E-state index in [1.165, 1.54) is 105 Å². The summed E-state index contributed by atoms with van der Waals surface area (Å²) < 4.78 is 0. The molecule has 10 rings (SSSR count). The maximum atomic E-state index is 2.54. The molecule has 0 aliphatic carbocycles. The third-order valence-electron chi connectivity index (χ3n) is 15.6. The highest BCUT2D eigenvalue weighted by molar-refractivity contribution is 6.31. The summed E-state index contributed by atoms with van der Waals surface area (Å²) >= 11 is 0. The van der Waals surface area contributed by atoms with Crippen molar-refractivity contribution in [2.45, 2.75) is 132 Å². The van der Waals surface area contributed by atoms with Gasteiger partial charge in [0.2, 0.25) is 0 Å². The standard InChI is InChI=1S/C72H76N2/c1-45(2)49-24-35-56(36-25-49)73(54-31-20-47(5)21-32-54)68-61-19-17-16-18-58(61)66(59-39-28-52(43-64(59)68)71(10,11)12)67-60-40-29-53(72(13,14)15)44-65(60)69(62-41-30-51(42-63(62)67)70(7,8)9)74(55-33-22-48(6)23-34-55)57-37-26-50(27-38-57)46(3)4/h16-46H,1-15H3. The summed E-state index contributed by atoms with van der Waals surface area (Å²) in [5, 5.41) is 9.85. The highest BCUT2D eigenvalue weighted by atomic mass is 15.2. The molecule has 0 aliphatic heterocycles. The molecule has 0 unspecified atom stereocenters. The van der Waals surface area contributed by atoms with Crippen molar-refractivity contribution in [3.8, 4) is 11.1 Å². The molecule has 10 aromatic carbocycles. The maximum Gasteiger partial charge on any atom is 0.0618 e. The Labute approximate surface area is 442 Å². The van der Waals surface area contributed by atoms with E-state index in [9.17, 15) is 0 Å². The van der Waals surface area contributed by atoms with E-state index in [1.807, 2.05) is 0 Å². The lowest BCUT2D eigenvalue weighted by Crippen LogP contribution is -2.15. The van der Waals surface area contributed by atoms with Gasteiger partial charge < -0.3 is 9.80 Å². The van der Waals surface area contributed by atoms with Gasteiger partial charge in [-0.15, -0.1) is 0 Å². The van der Waals surface area contributed by atoms with Gasteiger partial charge in [0.15, 0.2) is 0 Å². The first kappa shape index (κ1) is 50.4. The largest absolute Gasteiger partial charge is 0.309 e. The second-order valence-electron chi connectivity index (χ2n) is 24.9. The Morgan fingerprint density at radius 1 is 0.297 bits per heavy atom. The van der Waals surface area contributed by atoms with E-state index in [1.54, 1.807) is 0 Å². The third kappa shape index (κ3) is 9.27. The monoisotopic (exact) mass is 969 g/mol. The van der Waals surface area contributed by atoms with Crippen molar-refractivity contribution in [1.29, 1.82) is 0 Å². The molecule has 0 bridgehead atoms. The van der Waals surface area contributed by atoms with Crippen molar-refractivity contribution < 1.29 is 0 Å². The zero-order valence-corrected chi connectivity index (χ0v) is 46.8. The van der Waals surface area contributed by atoms with Gasteiger partial charge in [-0.05, 0) is 169 Å². The van der Waals surface area contributed by atoms with E-state index in [2.05, 4.69) is 290 Å². The number of rotatable bonds is 9. The first-order chi connectivity index (χ1) is 35.1. The Balaban J connectivity index is 1.42. The summed E-state index contributed by atoms with van der Waals surface area (Å²) in [7, 11) is 0. The summed E-state index contributed by atoms with van der Waals surface area (Å²) in [5.41, 5.74) is 18.2. The van der Waals surface area contributed by atoms with E-state index >= 15 is 0 Å². The molecule has 0 saturated heterocycles. The minimum atomic E-state index is -0.102. The van der Waals surface area contributed by atoms with Gasteiger partial charge in [0.1, 0.15) is 0 Å². The predicted octanol–water partition coefficient (Wildman–Crippen LogP) is 21.7. The number of benzene rings is 10. The Bertz CT molecular complexity index is 3700. The van der Waals surface area contributed by atoms with Crippen LogP contribution < -0.4 is 9.80 Å². The first-order valence-electron chi connectivity index (χ1n) is 27.1. The molecule has 0 radical (unpaired) electrons. The van der Waals surface area contributed by atoms with Crippen molar-refractivity contribution >= 4 is 77.2 Å². The molecular formula is C72H76N2. The van der Waals surface area contributed by atoms with Crippen molar-refractivity contribution in [3.05, 3.63) is 215 Å². The third-order valence-corrected chi connectivity index (χ3v) is 15.6. The fourth-order valence-electron chi connectivity index (χ4n) is 11.0. The van der Waals surface area contributed by atoms with E-state index in [0.29, 0.717) is 11.8 Å². The number of aryl methyl sites for hydroxylation is 2. The minimum Gasteiger partial charge on any atom is -0.309 e. The summed E-state index contributed by atoms with van der Waals surface area (Å²) in [6.45, 7) is 34.6. The lowest BCUT2D eigenvalue weighted by Gasteiger charge is -2.33. The van der Waals surface area contributed by atoms with Crippen LogP contribution in [0.3, 0.4) is 0 Å². The molecule has 0 spiro atoms. The highest BCUT2D eigenvalue weighted by Crippen LogP contribution is 2.55. The van der Waals surface area contributed by atoms with Gasteiger partial charge in [-0.2, -0.15) is 0 Å². The molecule has 0 aromatic heterocycles. The van der Waals surface area contributed by atoms with Gasteiger partial charge in [-0.1, -0.05) is 210 Å². The second-order valence-corrected chi connectivity index (χ2v) is 24.9. The number of fused-ring (bicyclic) bond motifs is 4. The minimum absolute atomic E-state index is 0.0936. The van der Waals surface area contributed by atoms with Gasteiger partial charge in [-0.3, -0.25) is 0 Å². The Morgan fingerprint density at radius 2 is 0.581 bits per heavy atom. The van der Waals surface area contributed by atoms with E-state index in [0.717, 1.165) is 22.7 Å². The molecule has 0 fully saturated rings. The molecule has 2 heteroatoms. The van der Waals surface area contributed by atoms with E-state index in [4.69, 9.17) is 0 Å². The molecule has 74 heavy (non-hydrogen) atoms. The van der Waals surface area contributed by atoms with Crippen LogP contribution in [-0.4, -0.2) is 0 Å². The average molecular weight is 969 g/mol. The lowest BCUT2D eigenvalue weighted by atomic mass is 9.79. The molecule has 374 valence electrons. The van der Waals surface area contributed by atoms with E-state index in [-0.39, 0.29) is 16.2 Å². The quantitative estimate of drug-likeness (QED) is 0.133. The molecule has 0 heterocycles. The number of hydrogen-bond donors (Lipinski definition) is 0. The second kappa shape index (κ2) is 19.0. The smallest absolute Gasteiger partial charge is 0.0618 e. The van der Waals surface area contributed by atoms with Crippen LogP contribution in [-0.2, 0) is 16.2 Å². The first-order valence-corrected chi connectivity index (χ1v) is 27.1. The highest BCUT2D eigenvalue weighted by Gasteiger charge is 2.30.